The molecule has 0 spiro atoms. The maximum Gasteiger partial charge on any atom is 0.349 e. The number of anilines is 1. The first-order valence-electron chi connectivity index (χ1n) is 9.71. The van der Waals surface area contributed by atoms with E-state index in [2.05, 4.69) is 15.5 Å². The van der Waals surface area contributed by atoms with E-state index in [-0.39, 0.29) is 27.9 Å². The zero-order valence-corrected chi connectivity index (χ0v) is 17.9. The molecule has 0 aliphatic heterocycles. The second kappa shape index (κ2) is 7.68. The predicted octanol–water partition coefficient (Wildman–Crippen LogP) is 3.65. The van der Waals surface area contributed by atoms with E-state index in [1.54, 1.807) is 18.2 Å². The van der Waals surface area contributed by atoms with Gasteiger partial charge in [-0.15, -0.1) is 5.10 Å². The van der Waals surface area contributed by atoms with Crippen LogP contribution in [-0.4, -0.2) is 30.8 Å². The van der Waals surface area contributed by atoms with Crippen LogP contribution in [0.15, 0.2) is 85.3 Å². The summed E-state index contributed by atoms with van der Waals surface area (Å²) in [6, 6.07) is 18.3. The largest absolute Gasteiger partial charge is 0.422 e. The minimum absolute atomic E-state index is 0.00794. The first-order valence-corrected chi connectivity index (χ1v) is 11.6. The Hall–Kier alpha value is -4.31. The van der Waals surface area contributed by atoms with Crippen molar-refractivity contribution in [1.82, 2.24) is 10.2 Å². The quantitative estimate of drug-likeness (QED) is 0.317. The highest BCUT2D eigenvalue weighted by molar-refractivity contribution is 7.90. The number of hydrogen-bond acceptors (Lipinski definition) is 8. The molecule has 3 aromatic carbocycles. The van der Waals surface area contributed by atoms with Crippen molar-refractivity contribution in [3.63, 3.8) is 0 Å². The molecule has 164 valence electrons. The molecule has 2 aromatic heterocycles. The number of fused-ring (bicyclic) bond motifs is 3. The minimum atomic E-state index is -3.55. The van der Waals surface area contributed by atoms with Gasteiger partial charge in [0, 0.05) is 11.6 Å². The molecule has 33 heavy (non-hydrogen) atoms. The van der Waals surface area contributed by atoms with Gasteiger partial charge >= 0.3 is 11.6 Å². The van der Waals surface area contributed by atoms with E-state index in [0.717, 1.165) is 17.0 Å². The fraction of sp³-hybridized carbons (Fsp3) is 0.0435. The predicted molar refractivity (Wildman–Crippen MR) is 121 cm³/mol. The monoisotopic (exact) mass is 461 g/mol. The van der Waals surface area contributed by atoms with Gasteiger partial charge < -0.3 is 8.83 Å². The second-order valence-corrected chi connectivity index (χ2v) is 9.27. The zero-order valence-electron chi connectivity index (χ0n) is 17.1. The number of carbonyl (C=O) groups excluding carboxylic acids is 1. The smallest absolute Gasteiger partial charge is 0.349 e. The number of benzene rings is 3. The Morgan fingerprint density at radius 1 is 0.909 bits per heavy atom. The van der Waals surface area contributed by atoms with Crippen molar-refractivity contribution >= 4 is 43.5 Å². The molecule has 2 heterocycles. The first kappa shape index (κ1) is 20.6. The summed E-state index contributed by atoms with van der Waals surface area (Å²) in [4.78, 5) is 25.2. The van der Waals surface area contributed by atoms with Crippen LogP contribution in [0.2, 0.25) is 0 Å². The van der Waals surface area contributed by atoms with Crippen molar-refractivity contribution in [3.05, 3.63) is 82.7 Å². The number of hydrogen-bond donors (Lipinski definition) is 1. The molecule has 0 atom stereocenters. The van der Waals surface area contributed by atoms with Crippen LogP contribution < -0.4 is 10.9 Å². The fourth-order valence-electron chi connectivity index (χ4n) is 3.54. The van der Waals surface area contributed by atoms with E-state index in [9.17, 15) is 18.0 Å². The van der Waals surface area contributed by atoms with Gasteiger partial charge in [-0.3, -0.25) is 10.1 Å². The molecule has 0 radical (unpaired) electrons. The summed E-state index contributed by atoms with van der Waals surface area (Å²) in [5, 5.41) is 12.3. The lowest BCUT2D eigenvalue weighted by Crippen LogP contribution is -2.20. The summed E-state index contributed by atoms with van der Waals surface area (Å²) in [7, 11) is -3.55. The van der Waals surface area contributed by atoms with Gasteiger partial charge in [-0.2, -0.15) is 0 Å². The normalized spacial score (nSPS) is 11.7. The van der Waals surface area contributed by atoms with E-state index in [1.165, 1.54) is 18.2 Å². The maximum absolute atomic E-state index is 12.8. The SMILES string of the molecule is CS(=O)(=O)c1ccccc1-c1nnc(NC(=O)c2cc3c(ccc4ccccc43)oc2=O)o1. The van der Waals surface area contributed by atoms with Gasteiger partial charge in [0.1, 0.15) is 11.1 Å². The summed E-state index contributed by atoms with van der Waals surface area (Å²) < 4.78 is 34.8. The number of rotatable bonds is 4. The number of nitrogens with one attached hydrogen (secondary N) is 1. The lowest BCUT2D eigenvalue weighted by atomic mass is 10.0. The molecule has 0 unspecified atom stereocenters. The molecule has 9 nitrogen and oxygen atoms in total. The number of amides is 1. The third-order valence-electron chi connectivity index (χ3n) is 5.05. The number of nitrogens with zero attached hydrogens (tertiary/aromatic N) is 2. The lowest BCUT2D eigenvalue weighted by molar-refractivity contribution is 0.102. The van der Waals surface area contributed by atoms with Gasteiger partial charge in [0.25, 0.3) is 11.8 Å². The van der Waals surface area contributed by atoms with Crippen LogP contribution in [0.3, 0.4) is 0 Å². The molecule has 0 aliphatic carbocycles. The Morgan fingerprint density at radius 2 is 1.67 bits per heavy atom. The second-order valence-electron chi connectivity index (χ2n) is 7.28. The van der Waals surface area contributed by atoms with E-state index in [1.807, 2.05) is 30.3 Å². The average Bonchev–Trinajstić information content (AvgIpc) is 3.26. The highest BCUT2D eigenvalue weighted by atomic mass is 32.2. The molecule has 0 saturated heterocycles. The summed E-state index contributed by atoms with van der Waals surface area (Å²) >= 11 is 0. The Kier molecular flexibility index (Phi) is 4.79. The third kappa shape index (κ3) is 3.76. The van der Waals surface area contributed by atoms with Gasteiger partial charge in [0.05, 0.1) is 10.5 Å². The van der Waals surface area contributed by atoms with E-state index >= 15 is 0 Å². The molecule has 1 amide bonds. The number of sulfone groups is 1. The minimum Gasteiger partial charge on any atom is -0.422 e. The zero-order chi connectivity index (χ0) is 23.2. The van der Waals surface area contributed by atoms with Crippen LogP contribution in [0, 0.1) is 0 Å². The Labute approximate surface area is 186 Å². The highest BCUT2D eigenvalue weighted by Gasteiger charge is 2.21. The van der Waals surface area contributed by atoms with Crippen LogP contribution in [0.4, 0.5) is 6.01 Å². The highest BCUT2D eigenvalue weighted by Crippen LogP contribution is 2.28. The van der Waals surface area contributed by atoms with Crippen LogP contribution in [0.25, 0.3) is 33.2 Å². The lowest BCUT2D eigenvalue weighted by Gasteiger charge is -2.05. The van der Waals surface area contributed by atoms with Crippen LogP contribution >= 0.6 is 0 Å². The summed E-state index contributed by atoms with van der Waals surface area (Å²) in [6.45, 7) is 0. The van der Waals surface area contributed by atoms with Crippen molar-refractivity contribution in [1.29, 1.82) is 0 Å². The Morgan fingerprint density at radius 3 is 2.48 bits per heavy atom. The van der Waals surface area contributed by atoms with Gasteiger partial charge in [0.15, 0.2) is 9.84 Å². The Balaban J connectivity index is 1.51. The summed E-state index contributed by atoms with van der Waals surface area (Å²) in [6.07, 6.45) is 1.06. The number of aromatic nitrogens is 2. The van der Waals surface area contributed by atoms with E-state index in [0.29, 0.717) is 11.0 Å². The standard InChI is InChI=1S/C23H15N3O6S/c1-33(29,30)19-9-5-4-8-15(19)21-25-26-23(32-21)24-20(27)17-12-16-14-7-3-2-6-13(14)10-11-18(16)31-22(17)28/h2-12H,1H3,(H,24,26,27). The molecular weight excluding hydrogens is 446 g/mol. The average molecular weight is 461 g/mol. The topological polar surface area (TPSA) is 132 Å². The van der Waals surface area contributed by atoms with Gasteiger partial charge in [-0.1, -0.05) is 47.6 Å². The third-order valence-corrected chi connectivity index (χ3v) is 6.20. The number of carbonyl (C=O) groups is 1. The molecule has 0 saturated carbocycles. The molecule has 0 aliphatic rings. The molecule has 1 N–H and O–H groups in total. The van der Waals surface area contributed by atoms with Crippen LogP contribution in [-0.2, 0) is 9.84 Å². The molecular formula is C23H15N3O6S. The van der Waals surface area contributed by atoms with E-state index < -0.39 is 21.4 Å². The van der Waals surface area contributed by atoms with E-state index in [4.69, 9.17) is 8.83 Å². The summed E-state index contributed by atoms with van der Waals surface area (Å²) in [5.74, 6) is -0.895. The van der Waals surface area contributed by atoms with Crippen molar-refractivity contribution in [3.8, 4) is 11.5 Å². The van der Waals surface area contributed by atoms with Gasteiger partial charge in [-0.05, 0) is 35.0 Å². The first-order chi connectivity index (χ1) is 15.8. The molecule has 5 aromatic rings. The fourth-order valence-corrected chi connectivity index (χ4v) is 4.42. The van der Waals surface area contributed by atoms with Crippen LogP contribution in [0.5, 0.6) is 0 Å². The van der Waals surface area contributed by atoms with Crippen molar-refractivity contribution in [2.75, 3.05) is 11.6 Å². The van der Waals surface area contributed by atoms with Crippen molar-refractivity contribution in [2.45, 2.75) is 4.90 Å². The molecule has 5 rings (SSSR count). The van der Waals surface area contributed by atoms with Crippen molar-refractivity contribution < 1.29 is 22.0 Å². The molecule has 0 fully saturated rings. The molecule has 10 heteroatoms. The molecule has 0 bridgehead atoms. The van der Waals surface area contributed by atoms with Gasteiger partial charge in [-0.25, -0.2) is 13.2 Å². The summed E-state index contributed by atoms with van der Waals surface area (Å²) in [5.41, 5.74) is -0.509. The van der Waals surface area contributed by atoms with Crippen LogP contribution in [0.1, 0.15) is 10.4 Å². The van der Waals surface area contributed by atoms with Gasteiger partial charge in [0.2, 0.25) is 0 Å². The maximum atomic E-state index is 12.8. The van der Waals surface area contributed by atoms with Crippen molar-refractivity contribution in [2.24, 2.45) is 0 Å². The Bertz CT molecular complexity index is 1720.